The Kier molecular flexibility index (Phi) is 4.63. The molecule has 5 heteroatoms. The van der Waals surface area contributed by atoms with Crippen LogP contribution in [-0.4, -0.2) is 36.2 Å². The first-order valence-corrected chi connectivity index (χ1v) is 8.02. The van der Waals surface area contributed by atoms with Gasteiger partial charge in [0.2, 0.25) is 0 Å². The molecule has 1 aliphatic rings. The lowest BCUT2D eigenvalue weighted by molar-refractivity contribution is 0.0341. The Bertz CT molecular complexity index is 608. The first kappa shape index (κ1) is 14.6. The summed E-state index contributed by atoms with van der Waals surface area (Å²) in [6.07, 6.45) is 0.624. The fourth-order valence-corrected chi connectivity index (χ4v) is 3.62. The van der Waals surface area contributed by atoms with Crippen molar-refractivity contribution in [2.24, 2.45) is 0 Å². The van der Waals surface area contributed by atoms with Crippen LogP contribution in [0.15, 0.2) is 24.3 Å². The molecule has 2 aromatic rings. The summed E-state index contributed by atoms with van der Waals surface area (Å²) in [5.41, 5.74) is 1.76. The van der Waals surface area contributed by atoms with Crippen LogP contribution in [-0.2, 0) is 17.7 Å². The van der Waals surface area contributed by atoms with Gasteiger partial charge in [-0.05, 0) is 18.6 Å². The number of benzene rings is 1. The van der Waals surface area contributed by atoms with E-state index in [2.05, 4.69) is 9.88 Å². The molecule has 0 unspecified atom stereocenters. The second-order valence-corrected chi connectivity index (χ2v) is 6.44. The number of hydrogen-bond donors (Lipinski definition) is 0. The summed E-state index contributed by atoms with van der Waals surface area (Å²) in [5.74, 6) is -0.139. The smallest absolute Gasteiger partial charge is 0.126 e. The molecule has 1 fully saturated rings. The molecule has 112 valence electrons. The van der Waals surface area contributed by atoms with Gasteiger partial charge in [-0.3, -0.25) is 4.90 Å². The van der Waals surface area contributed by atoms with Crippen molar-refractivity contribution in [3.63, 3.8) is 0 Å². The van der Waals surface area contributed by atoms with Crippen LogP contribution in [0, 0.1) is 12.7 Å². The van der Waals surface area contributed by atoms with Gasteiger partial charge in [-0.15, -0.1) is 11.3 Å². The second kappa shape index (κ2) is 6.64. The molecule has 1 aliphatic heterocycles. The summed E-state index contributed by atoms with van der Waals surface area (Å²) in [6.45, 7) is 6.39. The molecule has 1 aromatic heterocycles. The third kappa shape index (κ3) is 3.67. The Morgan fingerprint density at radius 3 is 2.81 bits per heavy atom. The maximum Gasteiger partial charge on any atom is 0.126 e. The van der Waals surface area contributed by atoms with Crippen LogP contribution >= 0.6 is 11.3 Å². The molecule has 0 spiro atoms. The maximum atomic E-state index is 13.7. The van der Waals surface area contributed by atoms with Gasteiger partial charge in [0.05, 0.1) is 25.5 Å². The lowest BCUT2D eigenvalue weighted by atomic mass is 10.1. The highest BCUT2D eigenvalue weighted by Gasteiger charge is 2.15. The summed E-state index contributed by atoms with van der Waals surface area (Å²) in [5, 5.41) is 1.11. The zero-order valence-electron chi connectivity index (χ0n) is 12.1. The molecule has 1 aromatic carbocycles. The number of morpholine rings is 1. The highest BCUT2D eigenvalue weighted by atomic mass is 32.1. The molecule has 0 aliphatic carbocycles. The summed E-state index contributed by atoms with van der Waals surface area (Å²) in [6, 6.07) is 6.96. The van der Waals surface area contributed by atoms with Crippen LogP contribution < -0.4 is 0 Å². The number of thiazole rings is 1. The monoisotopic (exact) mass is 306 g/mol. The number of aromatic nitrogens is 1. The van der Waals surface area contributed by atoms with Crippen LogP contribution in [0.1, 0.15) is 21.1 Å². The number of nitrogens with zero attached hydrogens (tertiary/aromatic N) is 2. The van der Waals surface area contributed by atoms with E-state index >= 15 is 0 Å². The number of aryl methyl sites for hydroxylation is 1. The van der Waals surface area contributed by atoms with E-state index < -0.39 is 0 Å². The molecule has 3 nitrogen and oxygen atoms in total. The van der Waals surface area contributed by atoms with Crippen molar-refractivity contribution in [1.82, 2.24) is 9.88 Å². The summed E-state index contributed by atoms with van der Waals surface area (Å²) < 4.78 is 19.1. The van der Waals surface area contributed by atoms with E-state index in [9.17, 15) is 4.39 Å². The van der Waals surface area contributed by atoms with Crippen LogP contribution in [0.25, 0.3) is 0 Å². The lowest BCUT2D eigenvalue weighted by Gasteiger charge is -2.25. The number of ether oxygens (including phenoxy) is 1. The van der Waals surface area contributed by atoms with Gasteiger partial charge in [0, 0.05) is 24.4 Å². The van der Waals surface area contributed by atoms with E-state index in [-0.39, 0.29) is 5.82 Å². The van der Waals surface area contributed by atoms with Crippen molar-refractivity contribution >= 4 is 11.3 Å². The second-order valence-electron chi connectivity index (χ2n) is 5.27. The van der Waals surface area contributed by atoms with Crippen molar-refractivity contribution in [1.29, 1.82) is 0 Å². The zero-order chi connectivity index (χ0) is 14.7. The van der Waals surface area contributed by atoms with E-state index in [1.54, 1.807) is 17.4 Å². The van der Waals surface area contributed by atoms with Gasteiger partial charge >= 0.3 is 0 Å². The Morgan fingerprint density at radius 2 is 2.05 bits per heavy atom. The van der Waals surface area contributed by atoms with E-state index in [4.69, 9.17) is 4.74 Å². The Labute approximate surface area is 128 Å². The predicted molar refractivity (Wildman–Crippen MR) is 82.2 cm³/mol. The fourth-order valence-electron chi connectivity index (χ4n) is 2.49. The van der Waals surface area contributed by atoms with Gasteiger partial charge in [0.1, 0.15) is 10.8 Å². The van der Waals surface area contributed by atoms with Crippen molar-refractivity contribution < 1.29 is 9.13 Å². The van der Waals surface area contributed by atoms with E-state index in [0.717, 1.165) is 54.0 Å². The van der Waals surface area contributed by atoms with Crippen molar-refractivity contribution in [3.8, 4) is 0 Å². The molecular formula is C16H19FN2OS. The SMILES string of the molecule is Cc1nc(CN2CCOCC2)sc1Cc1ccccc1F. The van der Waals surface area contributed by atoms with Crippen LogP contribution in [0.3, 0.4) is 0 Å². The van der Waals surface area contributed by atoms with Gasteiger partial charge in [-0.2, -0.15) is 0 Å². The lowest BCUT2D eigenvalue weighted by Crippen LogP contribution is -2.35. The Balaban J connectivity index is 1.70. The van der Waals surface area contributed by atoms with Crippen molar-refractivity contribution in [2.45, 2.75) is 19.9 Å². The van der Waals surface area contributed by atoms with E-state index in [1.807, 2.05) is 19.1 Å². The highest BCUT2D eigenvalue weighted by Crippen LogP contribution is 2.24. The molecule has 1 saturated heterocycles. The molecule has 0 amide bonds. The van der Waals surface area contributed by atoms with Gasteiger partial charge < -0.3 is 4.74 Å². The largest absolute Gasteiger partial charge is 0.379 e. The molecule has 0 atom stereocenters. The molecule has 0 saturated carbocycles. The van der Waals surface area contributed by atoms with Crippen molar-refractivity contribution in [2.75, 3.05) is 26.3 Å². The van der Waals surface area contributed by atoms with Crippen LogP contribution in [0.4, 0.5) is 4.39 Å². The topological polar surface area (TPSA) is 25.4 Å². The average Bonchev–Trinajstić information content (AvgIpc) is 2.82. The first-order chi connectivity index (χ1) is 10.2. The van der Waals surface area contributed by atoms with Gasteiger partial charge in [0.25, 0.3) is 0 Å². The first-order valence-electron chi connectivity index (χ1n) is 7.21. The summed E-state index contributed by atoms with van der Waals surface area (Å²) in [7, 11) is 0. The van der Waals surface area contributed by atoms with Gasteiger partial charge in [-0.25, -0.2) is 9.37 Å². The van der Waals surface area contributed by atoms with E-state index in [0.29, 0.717) is 6.42 Å². The summed E-state index contributed by atoms with van der Waals surface area (Å²) in [4.78, 5) is 8.16. The quantitative estimate of drug-likeness (QED) is 0.868. The summed E-state index contributed by atoms with van der Waals surface area (Å²) >= 11 is 1.70. The number of rotatable bonds is 4. The van der Waals surface area contributed by atoms with Crippen molar-refractivity contribution in [3.05, 3.63) is 51.2 Å². The minimum absolute atomic E-state index is 0.139. The normalized spacial score (nSPS) is 16.3. The Morgan fingerprint density at radius 1 is 1.29 bits per heavy atom. The number of halogens is 1. The molecule has 0 bridgehead atoms. The third-order valence-electron chi connectivity index (χ3n) is 3.71. The minimum Gasteiger partial charge on any atom is -0.379 e. The predicted octanol–water partition coefficient (Wildman–Crippen LogP) is 3.01. The zero-order valence-corrected chi connectivity index (χ0v) is 13.0. The van der Waals surface area contributed by atoms with Gasteiger partial charge in [-0.1, -0.05) is 18.2 Å². The highest BCUT2D eigenvalue weighted by molar-refractivity contribution is 7.11. The third-order valence-corrected chi connectivity index (χ3v) is 4.85. The molecule has 0 radical (unpaired) electrons. The molecule has 21 heavy (non-hydrogen) atoms. The van der Waals surface area contributed by atoms with Crippen LogP contribution in [0.2, 0.25) is 0 Å². The molecule has 0 N–H and O–H groups in total. The molecule has 2 heterocycles. The fraction of sp³-hybridized carbons (Fsp3) is 0.438. The van der Waals surface area contributed by atoms with Gasteiger partial charge in [0.15, 0.2) is 0 Å². The number of hydrogen-bond acceptors (Lipinski definition) is 4. The van der Waals surface area contributed by atoms with E-state index in [1.165, 1.54) is 6.07 Å². The molecular weight excluding hydrogens is 287 g/mol. The van der Waals surface area contributed by atoms with Crippen LogP contribution in [0.5, 0.6) is 0 Å². The molecule has 3 rings (SSSR count). The standard InChI is InChI=1S/C16H19FN2OS/c1-12-15(10-13-4-2-3-5-14(13)17)21-16(18-12)11-19-6-8-20-9-7-19/h2-5H,6-11H2,1H3. The Hall–Kier alpha value is -1.30. The minimum atomic E-state index is -0.139. The average molecular weight is 306 g/mol. The maximum absolute atomic E-state index is 13.7.